The van der Waals surface area contributed by atoms with E-state index in [1.165, 1.54) is 16.8 Å². The Morgan fingerprint density at radius 3 is 1.91 bits per heavy atom. The van der Waals surface area contributed by atoms with Gasteiger partial charge in [-0.25, -0.2) is 0 Å². The van der Waals surface area contributed by atoms with E-state index in [0.29, 0.717) is 11.1 Å². The van der Waals surface area contributed by atoms with E-state index in [0.717, 1.165) is 16.5 Å². The third kappa shape index (κ3) is 3.56. The predicted molar refractivity (Wildman–Crippen MR) is 145 cm³/mol. The molecule has 3 aromatic rings. The molecule has 0 saturated carbocycles. The van der Waals surface area contributed by atoms with Gasteiger partial charge >= 0.3 is 0 Å². The van der Waals surface area contributed by atoms with Crippen LogP contribution in [0.4, 0.5) is 5.69 Å². The molecule has 0 atom stereocenters. The van der Waals surface area contributed by atoms with Crippen LogP contribution < -0.4 is 4.90 Å². The van der Waals surface area contributed by atoms with Crippen molar-refractivity contribution in [1.82, 2.24) is 0 Å². The first-order valence-electron chi connectivity index (χ1n) is 12.4. The molecule has 3 nitrogen and oxygen atoms in total. The van der Waals surface area contributed by atoms with Crippen molar-refractivity contribution in [3.8, 4) is 0 Å². The van der Waals surface area contributed by atoms with Crippen LogP contribution in [0.5, 0.6) is 0 Å². The number of anilines is 1. The highest BCUT2D eigenvalue weighted by molar-refractivity contribution is 6.40. The molecule has 3 aromatic carbocycles. The van der Waals surface area contributed by atoms with Crippen LogP contribution in [-0.4, -0.2) is 17.6 Å². The van der Waals surface area contributed by atoms with Gasteiger partial charge in [-0.2, -0.15) is 0 Å². The van der Waals surface area contributed by atoms with Gasteiger partial charge in [-0.3, -0.25) is 9.59 Å². The molecule has 178 valence electrons. The number of hydrogen-bond donors (Lipinski definition) is 0. The molecule has 0 saturated heterocycles. The van der Waals surface area contributed by atoms with E-state index < -0.39 is 0 Å². The van der Waals surface area contributed by atoms with Crippen molar-refractivity contribution in [3.63, 3.8) is 0 Å². The van der Waals surface area contributed by atoms with E-state index in [9.17, 15) is 9.59 Å². The van der Waals surface area contributed by atoms with E-state index in [2.05, 4.69) is 71.6 Å². The summed E-state index contributed by atoms with van der Waals surface area (Å²) in [5.74, 6) is -0.376. The summed E-state index contributed by atoms with van der Waals surface area (Å²) in [5.41, 5.74) is 5.92. The molecular weight excluding hydrogens is 430 g/mol. The topological polar surface area (TPSA) is 37.4 Å². The molecule has 0 aromatic heterocycles. The Hall–Kier alpha value is -3.46. The summed E-state index contributed by atoms with van der Waals surface area (Å²) in [7, 11) is 0. The number of nitrogens with zero attached hydrogens (tertiary/aromatic N) is 1. The summed E-state index contributed by atoms with van der Waals surface area (Å²) in [6.45, 7) is 15.5. The minimum atomic E-state index is -0.260. The van der Waals surface area contributed by atoms with Gasteiger partial charge < -0.3 is 4.90 Å². The van der Waals surface area contributed by atoms with Gasteiger partial charge in [-0.15, -0.1) is 0 Å². The zero-order valence-electron chi connectivity index (χ0n) is 21.7. The zero-order chi connectivity index (χ0) is 25.3. The maximum atomic E-state index is 13.3. The number of benzene rings is 3. The maximum absolute atomic E-state index is 13.3. The molecule has 5 rings (SSSR count). The minimum Gasteiger partial charge on any atom is -0.341 e. The molecule has 35 heavy (non-hydrogen) atoms. The highest BCUT2D eigenvalue weighted by Crippen LogP contribution is 2.50. The van der Waals surface area contributed by atoms with Crippen LogP contribution in [0.2, 0.25) is 0 Å². The zero-order valence-corrected chi connectivity index (χ0v) is 21.7. The third-order valence-corrected chi connectivity index (χ3v) is 7.48. The van der Waals surface area contributed by atoms with E-state index in [1.54, 1.807) is 6.08 Å². The molecule has 2 aliphatic rings. The van der Waals surface area contributed by atoms with Crippen molar-refractivity contribution in [2.24, 2.45) is 0 Å². The fourth-order valence-corrected chi connectivity index (χ4v) is 5.45. The van der Waals surface area contributed by atoms with Gasteiger partial charge in [0.2, 0.25) is 0 Å². The van der Waals surface area contributed by atoms with Gasteiger partial charge in [0.25, 0.3) is 0 Å². The van der Waals surface area contributed by atoms with Crippen LogP contribution in [-0.2, 0) is 10.8 Å². The highest BCUT2D eigenvalue weighted by Gasteiger charge is 2.42. The number of carbonyl (C=O) groups is 2. The molecule has 0 fully saturated rings. The Bertz CT molecular complexity index is 1400. The van der Waals surface area contributed by atoms with Gasteiger partial charge in [0.1, 0.15) is 0 Å². The van der Waals surface area contributed by atoms with E-state index >= 15 is 0 Å². The number of fused-ring (bicyclic) bond motifs is 3. The molecule has 0 bridgehead atoms. The van der Waals surface area contributed by atoms with Crippen molar-refractivity contribution >= 4 is 28.0 Å². The SMILES string of the molecule is CC(C)N1/C(=C/C=C2C(=O)c3cc4ccccc4cc3C2=O)C(C)(C)c2cc(C(C)(C)C)ccc21. The third-order valence-electron chi connectivity index (χ3n) is 7.48. The fraction of sp³-hybridized carbons (Fsp3) is 0.312. The van der Waals surface area contributed by atoms with E-state index in [-0.39, 0.29) is 34.0 Å². The van der Waals surface area contributed by atoms with E-state index in [4.69, 9.17) is 0 Å². The standard InChI is InChI=1S/C32H33NO2/c1-19(2)33-27-14-12-22(31(3,4)5)18-26(27)32(6,7)28(33)15-13-23-29(34)24-16-20-10-8-9-11-21(20)17-25(24)30(23)35/h8-19H,1-7H3/b28-15+. The highest BCUT2D eigenvalue weighted by atomic mass is 16.2. The first kappa shape index (κ1) is 23.3. The summed E-state index contributed by atoms with van der Waals surface area (Å²) in [4.78, 5) is 28.9. The van der Waals surface area contributed by atoms with Crippen LogP contribution in [0.25, 0.3) is 10.8 Å². The summed E-state index contributed by atoms with van der Waals surface area (Å²) in [5, 5.41) is 1.94. The van der Waals surface area contributed by atoms with Crippen LogP contribution >= 0.6 is 0 Å². The van der Waals surface area contributed by atoms with Crippen molar-refractivity contribution < 1.29 is 9.59 Å². The van der Waals surface area contributed by atoms with Crippen molar-refractivity contribution in [2.75, 3.05) is 4.90 Å². The minimum absolute atomic E-state index is 0.0558. The normalized spacial score (nSPS) is 18.1. The number of ketones is 2. The lowest BCUT2D eigenvalue weighted by atomic mass is 9.79. The Labute approximate surface area is 208 Å². The first-order chi connectivity index (χ1) is 16.4. The Kier molecular flexibility index (Phi) is 5.17. The monoisotopic (exact) mass is 463 g/mol. The van der Waals surface area contributed by atoms with Gasteiger partial charge in [0.15, 0.2) is 11.6 Å². The lowest BCUT2D eigenvalue weighted by Crippen LogP contribution is -2.31. The van der Waals surface area contributed by atoms with Crippen LogP contribution in [0.1, 0.15) is 80.3 Å². The molecule has 1 aliphatic heterocycles. The van der Waals surface area contributed by atoms with Crippen LogP contribution in [0, 0.1) is 0 Å². The van der Waals surface area contributed by atoms with Crippen LogP contribution in [0.15, 0.2) is 78.0 Å². The number of hydrogen-bond acceptors (Lipinski definition) is 3. The molecule has 3 heteroatoms. The second kappa shape index (κ2) is 7.78. The van der Waals surface area contributed by atoms with Gasteiger partial charge in [-0.1, -0.05) is 71.0 Å². The second-order valence-electron chi connectivity index (χ2n) is 11.6. The average Bonchev–Trinajstić information content (AvgIpc) is 3.16. The lowest BCUT2D eigenvalue weighted by Gasteiger charge is -2.30. The summed E-state index contributed by atoms with van der Waals surface area (Å²) < 4.78 is 0. The summed E-state index contributed by atoms with van der Waals surface area (Å²) in [6, 6.07) is 18.5. The molecular formula is C32H33NO2. The molecule has 0 radical (unpaired) electrons. The van der Waals surface area contributed by atoms with Gasteiger partial charge in [0, 0.05) is 34.0 Å². The molecule has 1 heterocycles. The number of allylic oxidation sites excluding steroid dienone is 4. The molecule has 0 unspecified atom stereocenters. The molecule has 0 spiro atoms. The van der Waals surface area contributed by atoms with Gasteiger partial charge in [-0.05, 0) is 71.5 Å². The van der Waals surface area contributed by atoms with E-state index in [1.807, 2.05) is 42.5 Å². The number of Topliss-reactive ketones (excluding diaryl/α,β-unsaturated/α-hetero) is 2. The largest absolute Gasteiger partial charge is 0.341 e. The maximum Gasteiger partial charge on any atom is 0.197 e. The van der Waals surface area contributed by atoms with Crippen molar-refractivity contribution in [2.45, 2.75) is 65.3 Å². The lowest BCUT2D eigenvalue weighted by molar-refractivity contribution is 0.0988. The first-order valence-corrected chi connectivity index (χ1v) is 12.4. The molecule has 1 aliphatic carbocycles. The quantitative estimate of drug-likeness (QED) is 0.291. The summed E-state index contributed by atoms with van der Waals surface area (Å²) in [6.07, 6.45) is 3.74. The van der Waals surface area contributed by atoms with Crippen LogP contribution in [0.3, 0.4) is 0 Å². The fourth-order valence-electron chi connectivity index (χ4n) is 5.45. The Morgan fingerprint density at radius 1 is 0.829 bits per heavy atom. The molecule has 0 N–H and O–H groups in total. The smallest absolute Gasteiger partial charge is 0.197 e. The summed E-state index contributed by atoms with van der Waals surface area (Å²) >= 11 is 0. The van der Waals surface area contributed by atoms with Crippen molar-refractivity contribution in [3.05, 3.63) is 100 Å². The Morgan fingerprint density at radius 2 is 1.40 bits per heavy atom. The predicted octanol–water partition coefficient (Wildman–Crippen LogP) is 7.53. The number of rotatable bonds is 2. The second-order valence-corrected chi connectivity index (χ2v) is 11.6. The Balaban J connectivity index is 1.61. The van der Waals surface area contributed by atoms with Crippen molar-refractivity contribution in [1.29, 1.82) is 0 Å². The average molecular weight is 464 g/mol. The number of carbonyl (C=O) groups excluding carboxylic acids is 2. The van der Waals surface area contributed by atoms with Gasteiger partial charge in [0.05, 0.1) is 5.57 Å². The molecule has 0 amide bonds.